The maximum Gasteiger partial charge on any atom is 0.134 e. The molecule has 5 rings (SSSR count). The second kappa shape index (κ2) is 4.67. The predicted octanol–water partition coefficient (Wildman–Crippen LogP) is 2.45. The first-order valence-corrected chi connectivity index (χ1v) is 9.19. The van der Waals surface area contributed by atoms with Gasteiger partial charge < -0.3 is 5.11 Å². The van der Waals surface area contributed by atoms with Crippen LogP contribution >= 0.6 is 0 Å². The van der Waals surface area contributed by atoms with Crippen molar-refractivity contribution < 1.29 is 9.90 Å². The summed E-state index contributed by atoms with van der Waals surface area (Å²) in [5.41, 5.74) is 1.57. The van der Waals surface area contributed by atoms with Gasteiger partial charge in [0.1, 0.15) is 5.78 Å². The van der Waals surface area contributed by atoms with Gasteiger partial charge in [0.15, 0.2) is 0 Å². The zero-order valence-corrected chi connectivity index (χ0v) is 13.6. The summed E-state index contributed by atoms with van der Waals surface area (Å²) in [4.78, 5) is 14.9. The molecule has 0 spiro atoms. The Labute approximate surface area is 137 Å². The number of fused-ring (bicyclic) bond motifs is 1. The van der Waals surface area contributed by atoms with Gasteiger partial charge in [-0.05, 0) is 55.7 Å². The van der Waals surface area contributed by atoms with E-state index < -0.39 is 5.60 Å². The van der Waals surface area contributed by atoms with Crippen LogP contribution in [0.25, 0.3) is 0 Å². The molecule has 2 saturated carbocycles. The zero-order chi connectivity index (χ0) is 15.7. The van der Waals surface area contributed by atoms with E-state index in [1.807, 2.05) is 0 Å². The lowest BCUT2D eigenvalue weighted by molar-refractivity contribution is -0.172. The van der Waals surface area contributed by atoms with Gasteiger partial charge in [-0.3, -0.25) is 9.69 Å². The van der Waals surface area contributed by atoms with Crippen LogP contribution in [0, 0.1) is 5.92 Å². The summed E-state index contributed by atoms with van der Waals surface area (Å²) in [6.45, 7) is 2.17. The molecule has 3 fully saturated rings. The molecule has 1 saturated heterocycles. The molecule has 3 nitrogen and oxygen atoms in total. The Kier molecular flexibility index (Phi) is 2.88. The third kappa shape index (κ3) is 1.87. The Morgan fingerprint density at radius 1 is 1.22 bits per heavy atom. The Morgan fingerprint density at radius 3 is 2.87 bits per heavy atom. The van der Waals surface area contributed by atoms with Crippen molar-refractivity contribution in [2.24, 2.45) is 5.92 Å². The Balaban J connectivity index is 1.64. The van der Waals surface area contributed by atoms with Crippen LogP contribution in [0.1, 0.15) is 49.7 Å². The van der Waals surface area contributed by atoms with Crippen LogP contribution in [0.2, 0.25) is 0 Å². The summed E-state index contributed by atoms with van der Waals surface area (Å²) in [7, 11) is 0. The molecule has 3 heteroatoms. The standard InChI is InChI=1S/C20H25NO2/c22-16-7-8-20(23)18-11-15-3-1-2-4-17(15)19(20,12-16)9-10-21(18)13-14-5-6-14/h1-4,14,18,23H,5-13H2/t18-,19-,20?/m1/s1. The molecule has 1 heterocycles. The van der Waals surface area contributed by atoms with Gasteiger partial charge in [-0.2, -0.15) is 0 Å². The van der Waals surface area contributed by atoms with E-state index in [1.54, 1.807) is 0 Å². The number of nitrogens with zero attached hydrogens (tertiary/aromatic N) is 1. The number of carbonyl (C=O) groups is 1. The third-order valence-electron chi connectivity index (χ3n) is 7.07. The molecule has 3 atom stereocenters. The summed E-state index contributed by atoms with van der Waals surface area (Å²) in [5, 5.41) is 11.8. The Bertz CT molecular complexity index is 667. The van der Waals surface area contributed by atoms with E-state index in [2.05, 4.69) is 29.2 Å². The van der Waals surface area contributed by atoms with Crippen molar-refractivity contribution >= 4 is 5.78 Å². The maximum absolute atomic E-state index is 12.3. The van der Waals surface area contributed by atoms with Gasteiger partial charge in [0, 0.05) is 30.8 Å². The molecule has 0 aromatic heterocycles. The van der Waals surface area contributed by atoms with Gasteiger partial charge in [0.05, 0.1) is 5.60 Å². The summed E-state index contributed by atoms with van der Waals surface area (Å²) in [5.74, 6) is 1.18. The molecule has 1 aromatic rings. The van der Waals surface area contributed by atoms with Crippen molar-refractivity contribution in [3.8, 4) is 0 Å². The minimum absolute atomic E-state index is 0.194. The molecule has 1 aliphatic heterocycles. The predicted molar refractivity (Wildman–Crippen MR) is 88.3 cm³/mol. The van der Waals surface area contributed by atoms with E-state index >= 15 is 0 Å². The fourth-order valence-corrected chi connectivity index (χ4v) is 5.72. The Hall–Kier alpha value is -1.19. The molecule has 4 aliphatic rings. The SMILES string of the molecule is O=C1CCC2(O)[C@H]3Cc4ccccc4[C@@]2(CCN3CC2CC2)C1. The van der Waals surface area contributed by atoms with E-state index in [0.717, 1.165) is 31.8 Å². The monoisotopic (exact) mass is 311 g/mol. The second-order valence-corrected chi connectivity index (χ2v) is 8.29. The number of hydrogen-bond acceptors (Lipinski definition) is 3. The number of likely N-dealkylation sites (tertiary alicyclic amines) is 1. The van der Waals surface area contributed by atoms with Crippen LogP contribution in [-0.4, -0.2) is 40.5 Å². The topological polar surface area (TPSA) is 40.5 Å². The maximum atomic E-state index is 12.3. The minimum atomic E-state index is -0.720. The summed E-state index contributed by atoms with van der Waals surface area (Å²) < 4.78 is 0. The summed E-state index contributed by atoms with van der Waals surface area (Å²) in [6.07, 6.45) is 6.29. The summed E-state index contributed by atoms with van der Waals surface area (Å²) in [6, 6.07) is 8.75. The molecule has 2 bridgehead atoms. The number of Topliss-reactive ketones (excluding diaryl/α,β-unsaturated/α-hetero) is 1. The lowest BCUT2D eigenvalue weighted by Crippen LogP contribution is -2.73. The highest BCUT2D eigenvalue weighted by Crippen LogP contribution is 2.57. The van der Waals surface area contributed by atoms with Crippen LogP contribution in [0.15, 0.2) is 24.3 Å². The molecule has 122 valence electrons. The number of hydrogen-bond donors (Lipinski definition) is 1. The van der Waals surface area contributed by atoms with Crippen molar-refractivity contribution in [3.05, 3.63) is 35.4 Å². The van der Waals surface area contributed by atoms with Crippen LogP contribution in [0.4, 0.5) is 0 Å². The van der Waals surface area contributed by atoms with E-state index in [9.17, 15) is 9.90 Å². The van der Waals surface area contributed by atoms with Gasteiger partial charge in [-0.25, -0.2) is 0 Å². The van der Waals surface area contributed by atoms with Crippen LogP contribution in [0.5, 0.6) is 0 Å². The van der Waals surface area contributed by atoms with E-state index in [4.69, 9.17) is 0 Å². The molecular weight excluding hydrogens is 286 g/mol. The number of benzene rings is 1. The van der Waals surface area contributed by atoms with Crippen molar-refractivity contribution in [2.75, 3.05) is 13.1 Å². The smallest absolute Gasteiger partial charge is 0.134 e. The number of ketones is 1. The zero-order valence-electron chi connectivity index (χ0n) is 13.6. The van der Waals surface area contributed by atoms with Crippen molar-refractivity contribution in [3.63, 3.8) is 0 Å². The van der Waals surface area contributed by atoms with Gasteiger partial charge in [-0.15, -0.1) is 0 Å². The van der Waals surface area contributed by atoms with E-state index in [-0.39, 0.29) is 11.5 Å². The van der Waals surface area contributed by atoms with Gasteiger partial charge in [-0.1, -0.05) is 24.3 Å². The molecule has 1 unspecified atom stereocenters. The summed E-state index contributed by atoms with van der Waals surface area (Å²) >= 11 is 0. The lowest BCUT2D eigenvalue weighted by atomic mass is 9.49. The average Bonchev–Trinajstić information content (AvgIpc) is 3.35. The van der Waals surface area contributed by atoms with E-state index in [1.165, 1.54) is 24.0 Å². The Morgan fingerprint density at radius 2 is 2.04 bits per heavy atom. The second-order valence-electron chi connectivity index (χ2n) is 8.29. The molecule has 0 radical (unpaired) electrons. The highest BCUT2D eigenvalue weighted by molar-refractivity contribution is 5.82. The third-order valence-corrected chi connectivity index (χ3v) is 7.07. The van der Waals surface area contributed by atoms with E-state index in [0.29, 0.717) is 25.0 Å². The number of aliphatic hydroxyl groups is 1. The number of rotatable bonds is 2. The molecule has 1 aromatic carbocycles. The number of piperidine rings is 1. The molecule has 0 amide bonds. The van der Waals surface area contributed by atoms with Crippen molar-refractivity contribution in [2.45, 2.75) is 62.0 Å². The molecular formula is C20H25NO2. The number of carbonyl (C=O) groups excluding carboxylic acids is 1. The first-order chi connectivity index (χ1) is 11.1. The normalized spacial score (nSPS) is 39.7. The van der Waals surface area contributed by atoms with Crippen molar-refractivity contribution in [1.29, 1.82) is 0 Å². The first kappa shape index (κ1) is 14.2. The van der Waals surface area contributed by atoms with Gasteiger partial charge >= 0.3 is 0 Å². The molecule has 1 N–H and O–H groups in total. The highest BCUT2D eigenvalue weighted by Gasteiger charge is 2.64. The largest absolute Gasteiger partial charge is 0.387 e. The highest BCUT2D eigenvalue weighted by atomic mass is 16.3. The first-order valence-electron chi connectivity index (χ1n) is 9.19. The molecule has 23 heavy (non-hydrogen) atoms. The average molecular weight is 311 g/mol. The van der Waals surface area contributed by atoms with Gasteiger partial charge in [0.25, 0.3) is 0 Å². The van der Waals surface area contributed by atoms with Crippen LogP contribution in [0.3, 0.4) is 0 Å². The van der Waals surface area contributed by atoms with Gasteiger partial charge in [0.2, 0.25) is 0 Å². The van der Waals surface area contributed by atoms with Crippen LogP contribution < -0.4 is 0 Å². The fraction of sp³-hybridized carbons (Fsp3) is 0.650. The fourth-order valence-electron chi connectivity index (χ4n) is 5.72. The van der Waals surface area contributed by atoms with Crippen molar-refractivity contribution in [1.82, 2.24) is 4.90 Å². The minimum Gasteiger partial charge on any atom is -0.387 e. The quantitative estimate of drug-likeness (QED) is 0.912. The molecule has 3 aliphatic carbocycles. The van der Waals surface area contributed by atoms with Crippen LogP contribution in [-0.2, 0) is 16.6 Å². The lowest BCUT2D eigenvalue weighted by Gasteiger charge is -2.63.